The third-order valence-electron chi connectivity index (χ3n) is 3.56. The summed E-state index contributed by atoms with van der Waals surface area (Å²) in [4.78, 5) is 0. The van der Waals surface area contributed by atoms with Crippen molar-refractivity contribution in [2.45, 2.75) is 32.6 Å². The number of aromatic nitrogens is 2. The Morgan fingerprint density at radius 1 is 1.71 bits per heavy atom. The van der Waals surface area contributed by atoms with Gasteiger partial charge in [-0.1, -0.05) is 13.8 Å². The summed E-state index contributed by atoms with van der Waals surface area (Å²) in [6, 6.07) is 0. The molecule has 1 aromatic rings. The second-order valence-electron chi connectivity index (χ2n) is 4.56. The van der Waals surface area contributed by atoms with E-state index in [0.717, 1.165) is 18.9 Å². The van der Waals surface area contributed by atoms with Crippen LogP contribution in [0.4, 0.5) is 0 Å². The maximum Gasteiger partial charge on any atom is 0.0525 e. The van der Waals surface area contributed by atoms with Gasteiger partial charge in [0.25, 0.3) is 0 Å². The summed E-state index contributed by atoms with van der Waals surface area (Å²) in [5.74, 6) is 1.89. The molecule has 0 aliphatic heterocycles. The molecule has 3 heteroatoms. The van der Waals surface area contributed by atoms with E-state index in [0.29, 0.717) is 11.8 Å². The predicted octanol–water partition coefficient (Wildman–Crippen LogP) is 1.67. The number of rotatable bonds is 2. The van der Waals surface area contributed by atoms with E-state index in [4.69, 9.17) is 5.73 Å². The molecule has 78 valence electrons. The first-order chi connectivity index (χ1) is 6.74. The Morgan fingerprint density at radius 2 is 2.50 bits per heavy atom. The lowest BCUT2D eigenvalue weighted by molar-refractivity contribution is 0.315. The molecule has 3 N–H and O–H groups in total. The Balaban J connectivity index is 2.31. The molecule has 0 saturated carbocycles. The summed E-state index contributed by atoms with van der Waals surface area (Å²) in [5, 5.41) is 7.24. The molecule has 1 aliphatic rings. The van der Waals surface area contributed by atoms with Crippen molar-refractivity contribution in [1.82, 2.24) is 10.2 Å². The quantitative estimate of drug-likeness (QED) is 0.750. The number of nitrogens with two attached hydrogens (primary N) is 1. The highest BCUT2D eigenvalue weighted by molar-refractivity contribution is 5.26. The average Bonchev–Trinajstić information content (AvgIpc) is 2.64. The van der Waals surface area contributed by atoms with Crippen molar-refractivity contribution in [2.75, 3.05) is 6.54 Å². The van der Waals surface area contributed by atoms with Crippen molar-refractivity contribution in [3.8, 4) is 0 Å². The van der Waals surface area contributed by atoms with Gasteiger partial charge in [-0.15, -0.1) is 0 Å². The van der Waals surface area contributed by atoms with Crippen LogP contribution in [0.1, 0.15) is 37.4 Å². The minimum Gasteiger partial charge on any atom is -0.330 e. The summed E-state index contributed by atoms with van der Waals surface area (Å²) in [7, 11) is 0. The van der Waals surface area contributed by atoms with Crippen LogP contribution in [-0.4, -0.2) is 16.7 Å². The Bertz CT molecular complexity index is 305. The van der Waals surface area contributed by atoms with Gasteiger partial charge in [0.2, 0.25) is 0 Å². The molecule has 0 bridgehead atoms. The zero-order chi connectivity index (χ0) is 10.1. The molecule has 0 saturated heterocycles. The monoisotopic (exact) mass is 193 g/mol. The van der Waals surface area contributed by atoms with Gasteiger partial charge in [-0.3, -0.25) is 5.10 Å². The van der Waals surface area contributed by atoms with E-state index in [1.54, 1.807) is 0 Å². The van der Waals surface area contributed by atoms with Gasteiger partial charge >= 0.3 is 0 Å². The van der Waals surface area contributed by atoms with Crippen LogP contribution in [0.15, 0.2) is 6.20 Å². The van der Waals surface area contributed by atoms with E-state index in [9.17, 15) is 0 Å². The van der Waals surface area contributed by atoms with E-state index >= 15 is 0 Å². The van der Waals surface area contributed by atoms with Gasteiger partial charge in [-0.2, -0.15) is 5.10 Å². The number of nitrogens with zero attached hydrogens (tertiary/aromatic N) is 1. The Labute approximate surface area is 85.1 Å². The normalized spacial score (nSPS) is 28.5. The van der Waals surface area contributed by atoms with Gasteiger partial charge in [-0.25, -0.2) is 0 Å². The molecule has 3 atom stereocenters. The van der Waals surface area contributed by atoms with Gasteiger partial charge in [0.05, 0.1) is 6.20 Å². The van der Waals surface area contributed by atoms with Crippen molar-refractivity contribution in [3.05, 3.63) is 17.5 Å². The van der Waals surface area contributed by atoms with Crippen molar-refractivity contribution in [2.24, 2.45) is 17.6 Å². The minimum atomic E-state index is 0.557. The molecule has 0 radical (unpaired) electrons. The lowest BCUT2D eigenvalue weighted by Gasteiger charge is -2.32. The number of hydrogen-bond acceptors (Lipinski definition) is 2. The van der Waals surface area contributed by atoms with Crippen molar-refractivity contribution < 1.29 is 0 Å². The Kier molecular flexibility index (Phi) is 2.59. The second-order valence-corrected chi connectivity index (χ2v) is 4.56. The highest BCUT2D eigenvalue weighted by atomic mass is 15.1. The molecule has 0 spiro atoms. The zero-order valence-corrected chi connectivity index (χ0v) is 8.96. The molecule has 3 unspecified atom stereocenters. The fraction of sp³-hybridized carbons (Fsp3) is 0.727. The predicted molar refractivity (Wildman–Crippen MR) is 57.0 cm³/mol. The molecule has 1 aromatic heterocycles. The Hall–Kier alpha value is -0.830. The third-order valence-corrected chi connectivity index (χ3v) is 3.56. The van der Waals surface area contributed by atoms with E-state index in [-0.39, 0.29) is 0 Å². The first-order valence-corrected chi connectivity index (χ1v) is 5.46. The van der Waals surface area contributed by atoms with Crippen LogP contribution in [0.5, 0.6) is 0 Å². The standard InChI is InChI=1S/C11H19N3/c1-7-3-4-10-9(6-13-14-10)11(7)8(2)5-12/h6-8,11H,3-5,12H2,1-2H3,(H,13,14). The zero-order valence-electron chi connectivity index (χ0n) is 8.96. The third kappa shape index (κ3) is 1.46. The SMILES string of the molecule is CC(CN)C1c2cn[nH]c2CCC1C. The van der Waals surface area contributed by atoms with E-state index < -0.39 is 0 Å². The number of H-pyrrole nitrogens is 1. The molecular formula is C11H19N3. The maximum atomic E-state index is 5.76. The van der Waals surface area contributed by atoms with Crippen LogP contribution >= 0.6 is 0 Å². The number of hydrogen-bond donors (Lipinski definition) is 2. The van der Waals surface area contributed by atoms with Crippen LogP contribution in [-0.2, 0) is 6.42 Å². The molecular weight excluding hydrogens is 174 g/mol. The first-order valence-electron chi connectivity index (χ1n) is 5.46. The number of nitrogens with one attached hydrogen (secondary N) is 1. The lowest BCUT2D eigenvalue weighted by atomic mass is 9.72. The molecule has 0 aromatic carbocycles. The van der Waals surface area contributed by atoms with Crippen LogP contribution in [0.25, 0.3) is 0 Å². The van der Waals surface area contributed by atoms with E-state index in [1.165, 1.54) is 17.7 Å². The summed E-state index contributed by atoms with van der Waals surface area (Å²) in [6.07, 6.45) is 4.39. The molecule has 1 heterocycles. The van der Waals surface area contributed by atoms with Crippen molar-refractivity contribution >= 4 is 0 Å². The number of aromatic amines is 1. The number of fused-ring (bicyclic) bond motifs is 1. The topological polar surface area (TPSA) is 54.7 Å². The van der Waals surface area contributed by atoms with Crippen LogP contribution in [0, 0.1) is 11.8 Å². The maximum absolute atomic E-state index is 5.76. The average molecular weight is 193 g/mol. The van der Waals surface area contributed by atoms with Crippen LogP contribution in [0.3, 0.4) is 0 Å². The molecule has 14 heavy (non-hydrogen) atoms. The molecule has 1 aliphatic carbocycles. The summed E-state index contributed by atoms with van der Waals surface area (Å²) in [5.41, 5.74) is 8.49. The molecule has 0 amide bonds. The van der Waals surface area contributed by atoms with Crippen LogP contribution < -0.4 is 5.73 Å². The van der Waals surface area contributed by atoms with Crippen molar-refractivity contribution in [3.63, 3.8) is 0 Å². The fourth-order valence-electron chi connectivity index (χ4n) is 2.68. The fourth-order valence-corrected chi connectivity index (χ4v) is 2.68. The van der Waals surface area contributed by atoms with Crippen molar-refractivity contribution in [1.29, 1.82) is 0 Å². The minimum absolute atomic E-state index is 0.557. The van der Waals surface area contributed by atoms with Gasteiger partial charge in [0.15, 0.2) is 0 Å². The largest absolute Gasteiger partial charge is 0.330 e. The Morgan fingerprint density at radius 3 is 3.21 bits per heavy atom. The van der Waals surface area contributed by atoms with Gasteiger partial charge in [-0.05, 0) is 42.7 Å². The number of aryl methyl sites for hydroxylation is 1. The second kappa shape index (κ2) is 3.73. The van der Waals surface area contributed by atoms with Gasteiger partial charge < -0.3 is 5.73 Å². The van der Waals surface area contributed by atoms with Gasteiger partial charge in [0.1, 0.15) is 0 Å². The summed E-state index contributed by atoms with van der Waals surface area (Å²) < 4.78 is 0. The summed E-state index contributed by atoms with van der Waals surface area (Å²) in [6.45, 7) is 5.33. The van der Waals surface area contributed by atoms with E-state index in [1.807, 2.05) is 6.20 Å². The molecule has 2 rings (SSSR count). The smallest absolute Gasteiger partial charge is 0.0525 e. The molecule has 3 nitrogen and oxygen atoms in total. The van der Waals surface area contributed by atoms with Gasteiger partial charge in [0, 0.05) is 5.69 Å². The summed E-state index contributed by atoms with van der Waals surface area (Å²) >= 11 is 0. The first kappa shape index (κ1) is 9.71. The van der Waals surface area contributed by atoms with Crippen LogP contribution in [0.2, 0.25) is 0 Å². The highest BCUT2D eigenvalue weighted by Gasteiger charge is 2.31. The lowest BCUT2D eigenvalue weighted by Crippen LogP contribution is -2.27. The van der Waals surface area contributed by atoms with E-state index in [2.05, 4.69) is 24.0 Å². The highest BCUT2D eigenvalue weighted by Crippen LogP contribution is 2.39. The molecule has 0 fully saturated rings.